The zero-order chi connectivity index (χ0) is 12.8. The van der Waals surface area contributed by atoms with Gasteiger partial charge in [-0.1, -0.05) is 40.0 Å². The van der Waals surface area contributed by atoms with Crippen molar-refractivity contribution < 1.29 is 18.7 Å². The van der Waals surface area contributed by atoms with Crippen LogP contribution in [-0.2, 0) is 4.79 Å². The molecule has 0 bridgehead atoms. The molecule has 0 rings (SSSR count). The third-order valence-corrected chi connectivity index (χ3v) is 2.74. The number of alkyl halides is 2. The lowest BCUT2D eigenvalue weighted by molar-refractivity contribution is -0.166. The molecule has 0 radical (unpaired) electrons. The average Bonchev–Trinajstić information content (AvgIpc) is 2.14. The highest BCUT2D eigenvalue weighted by Gasteiger charge is 2.38. The summed E-state index contributed by atoms with van der Waals surface area (Å²) < 4.78 is 25.5. The van der Waals surface area contributed by atoms with Gasteiger partial charge in [-0.3, -0.25) is 0 Å². The lowest BCUT2D eigenvalue weighted by atomic mass is 9.95. The summed E-state index contributed by atoms with van der Waals surface area (Å²) in [7, 11) is 0. The van der Waals surface area contributed by atoms with Gasteiger partial charge in [-0.2, -0.15) is 8.78 Å². The first-order chi connectivity index (χ1) is 7.25. The second-order valence-corrected chi connectivity index (χ2v) is 4.98. The Balaban J connectivity index is 3.73. The van der Waals surface area contributed by atoms with Gasteiger partial charge in [-0.15, -0.1) is 0 Å². The second kappa shape index (κ2) is 6.81. The molecule has 0 aromatic heterocycles. The van der Waals surface area contributed by atoms with Crippen molar-refractivity contribution in [2.45, 2.75) is 58.8 Å². The monoisotopic (exact) mass is 236 g/mol. The Morgan fingerprint density at radius 1 is 1.19 bits per heavy atom. The third-order valence-electron chi connectivity index (χ3n) is 2.74. The van der Waals surface area contributed by atoms with E-state index in [2.05, 4.69) is 13.8 Å². The molecule has 0 fully saturated rings. The van der Waals surface area contributed by atoms with Crippen molar-refractivity contribution in [2.24, 2.45) is 11.8 Å². The quantitative estimate of drug-likeness (QED) is 0.692. The van der Waals surface area contributed by atoms with Gasteiger partial charge < -0.3 is 5.11 Å². The molecule has 0 spiro atoms. The molecule has 4 heteroatoms. The topological polar surface area (TPSA) is 37.3 Å². The van der Waals surface area contributed by atoms with E-state index in [-0.39, 0.29) is 12.3 Å². The molecule has 16 heavy (non-hydrogen) atoms. The Labute approximate surface area is 96.0 Å². The zero-order valence-corrected chi connectivity index (χ0v) is 10.3. The van der Waals surface area contributed by atoms with Crippen LogP contribution in [-0.4, -0.2) is 17.0 Å². The van der Waals surface area contributed by atoms with E-state index in [0.717, 1.165) is 19.3 Å². The van der Waals surface area contributed by atoms with Crippen molar-refractivity contribution in [3.8, 4) is 0 Å². The fourth-order valence-electron chi connectivity index (χ4n) is 1.55. The lowest BCUT2D eigenvalue weighted by Gasteiger charge is -2.15. The summed E-state index contributed by atoms with van der Waals surface area (Å²) in [5.74, 6) is -4.77. The van der Waals surface area contributed by atoms with E-state index in [9.17, 15) is 13.6 Å². The fourth-order valence-corrected chi connectivity index (χ4v) is 1.55. The highest BCUT2D eigenvalue weighted by atomic mass is 19.3. The van der Waals surface area contributed by atoms with Crippen molar-refractivity contribution in [3.05, 3.63) is 0 Å². The maximum absolute atomic E-state index is 12.8. The van der Waals surface area contributed by atoms with E-state index in [1.807, 2.05) is 6.92 Å². The number of carboxylic acids is 1. The molecule has 0 aliphatic carbocycles. The predicted molar refractivity (Wildman–Crippen MR) is 59.7 cm³/mol. The van der Waals surface area contributed by atoms with E-state index in [4.69, 9.17) is 5.11 Å². The molecular formula is C12H22F2O2. The van der Waals surface area contributed by atoms with E-state index in [1.54, 1.807) is 0 Å². The zero-order valence-electron chi connectivity index (χ0n) is 10.3. The average molecular weight is 236 g/mol. The smallest absolute Gasteiger partial charge is 0.374 e. The van der Waals surface area contributed by atoms with Crippen LogP contribution in [0.4, 0.5) is 8.78 Å². The summed E-state index contributed by atoms with van der Waals surface area (Å²) in [5, 5.41) is 8.25. The number of carbonyl (C=O) groups is 1. The SMILES string of the molecule is CC(C)CCCC(C)CCC(F)(F)C(=O)O. The highest BCUT2D eigenvalue weighted by Crippen LogP contribution is 2.25. The molecule has 0 saturated heterocycles. The van der Waals surface area contributed by atoms with Gasteiger partial charge in [0.2, 0.25) is 0 Å². The maximum atomic E-state index is 12.8. The Morgan fingerprint density at radius 3 is 2.19 bits per heavy atom. The van der Waals surface area contributed by atoms with Crippen LogP contribution in [0.15, 0.2) is 0 Å². The third kappa shape index (κ3) is 6.75. The van der Waals surface area contributed by atoms with E-state index < -0.39 is 18.3 Å². The van der Waals surface area contributed by atoms with Crippen LogP contribution in [0.25, 0.3) is 0 Å². The van der Waals surface area contributed by atoms with Crippen LogP contribution in [0.2, 0.25) is 0 Å². The van der Waals surface area contributed by atoms with Crippen LogP contribution in [0.5, 0.6) is 0 Å². The molecule has 0 aliphatic rings. The minimum Gasteiger partial charge on any atom is -0.477 e. The Morgan fingerprint density at radius 2 is 1.75 bits per heavy atom. The van der Waals surface area contributed by atoms with Crippen LogP contribution in [0.3, 0.4) is 0 Å². The van der Waals surface area contributed by atoms with Crippen molar-refractivity contribution in [2.75, 3.05) is 0 Å². The summed E-state index contributed by atoms with van der Waals surface area (Å²) in [5.41, 5.74) is 0. The molecule has 0 aromatic rings. The van der Waals surface area contributed by atoms with Crippen molar-refractivity contribution in [3.63, 3.8) is 0 Å². The van der Waals surface area contributed by atoms with Crippen LogP contribution < -0.4 is 0 Å². The van der Waals surface area contributed by atoms with Crippen LogP contribution in [0.1, 0.15) is 52.9 Å². The summed E-state index contributed by atoms with van der Waals surface area (Å²) in [6.45, 7) is 6.16. The summed E-state index contributed by atoms with van der Waals surface area (Å²) in [6, 6.07) is 0. The first kappa shape index (κ1) is 15.3. The molecule has 96 valence electrons. The fraction of sp³-hybridized carbons (Fsp3) is 0.917. The van der Waals surface area contributed by atoms with Gasteiger partial charge in [0.1, 0.15) is 0 Å². The Bertz CT molecular complexity index is 215. The van der Waals surface area contributed by atoms with Crippen molar-refractivity contribution >= 4 is 5.97 Å². The molecule has 0 amide bonds. The molecule has 1 unspecified atom stereocenters. The molecule has 0 heterocycles. The van der Waals surface area contributed by atoms with Crippen LogP contribution >= 0.6 is 0 Å². The minimum atomic E-state index is -3.56. The first-order valence-electron chi connectivity index (χ1n) is 5.87. The highest BCUT2D eigenvalue weighted by molar-refractivity contribution is 5.75. The summed E-state index contributed by atoms with van der Waals surface area (Å²) in [6.07, 6.45) is 2.74. The number of hydrogen-bond acceptors (Lipinski definition) is 1. The lowest BCUT2D eigenvalue weighted by Crippen LogP contribution is -2.28. The first-order valence-corrected chi connectivity index (χ1v) is 5.87. The second-order valence-electron chi connectivity index (χ2n) is 4.98. The van der Waals surface area contributed by atoms with Gasteiger partial charge in [-0.05, 0) is 18.3 Å². The molecular weight excluding hydrogens is 214 g/mol. The largest absolute Gasteiger partial charge is 0.477 e. The molecule has 1 N–H and O–H groups in total. The Hall–Kier alpha value is -0.670. The van der Waals surface area contributed by atoms with E-state index in [0.29, 0.717) is 5.92 Å². The predicted octanol–water partition coefficient (Wildman–Crippen LogP) is 3.95. The van der Waals surface area contributed by atoms with Gasteiger partial charge in [0.15, 0.2) is 0 Å². The molecule has 0 aromatic carbocycles. The normalized spacial score (nSPS) is 14.1. The van der Waals surface area contributed by atoms with Gasteiger partial charge in [-0.25, -0.2) is 4.79 Å². The minimum absolute atomic E-state index is 0.170. The number of halogens is 2. The van der Waals surface area contributed by atoms with E-state index in [1.165, 1.54) is 0 Å². The summed E-state index contributed by atoms with van der Waals surface area (Å²) in [4.78, 5) is 10.2. The van der Waals surface area contributed by atoms with Gasteiger partial charge in [0.25, 0.3) is 0 Å². The number of rotatable bonds is 8. The maximum Gasteiger partial charge on any atom is 0.374 e. The molecule has 2 nitrogen and oxygen atoms in total. The van der Waals surface area contributed by atoms with Crippen molar-refractivity contribution in [1.29, 1.82) is 0 Å². The molecule has 1 atom stereocenters. The van der Waals surface area contributed by atoms with Crippen molar-refractivity contribution in [1.82, 2.24) is 0 Å². The molecule has 0 saturated carbocycles. The van der Waals surface area contributed by atoms with Crippen LogP contribution in [0, 0.1) is 11.8 Å². The van der Waals surface area contributed by atoms with Gasteiger partial charge in [0.05, 0.1) is 0 Å². The Kier molecular flexibility index (Phi) is 6.53. The number of aliphatic carboxylic acids is 1. The van der Waals surface area contributed by atoms with E-state index >= 15 is 0 Å². The number of carboxylic acid groups (broad SMARTS) is 1. The van der Waals surface area contributed by atoms with Gasteiger partial charge in [0, 0.05) is 6.42 Å². The number of hydrogen-bond donors (Lipinski definition) is 1. The standard InChI is InChI=1S/C12H22F2O2/c1-9(2)5-4-6-10(3)7-8-12(13,14)11(15)16/h9-10H,4-8H2,1-3H3,(H,15,16). The summed E-state index contributed by atoms with van der Waals surface area (Å²) >= 11 is 0. The van der Waals surface area contributed by atoms with Gasteiger partial charge >= 0.3 is 11.9 Å². The molecule has 0 aliphatic heterocycles.